The second-order valence-electron chi connectivity index (χ2n) is 7.60. The van der Waals surface area contributed by atoms with Crippen LogP contribution in [-0.2, 0) is 0 Å². The van der Waals surface area contributed by atoms with Gasteiger partial charge in [0.2, 0.25) is 0 Å². The molecule has 1 fully saturated rings. The number of hydrogen-bond donors (Lipinski definition) is 5. The Hall–Kier alpha value is -3.02. The Morgan fingerprint density at radius 1 is 1.37 bits per heavy atom. The zero-order valence-corrected chi connectivity index (χ0v) is 17.4. The minimum Gasteiger partial charge on any atom is -0.490 e. The molecule has 2 aromatic rings. The van der Waals surface area contributed by atoms with Gasteiger partial charge >= 0.3 is 0 Å². The van der Waals surface area contributed by atoms with Gasteiger partial charge < -0.3 is 20.7 Å². The highest BCUT2D eigenvalue weighted by molar-refractivity contribution is 8.24. The van der Waals surface area contributed by atoms with E-state index in [9.17, 15) is 13.9 Å². The van der Waals surface area contributed by atoms with E-state index >= 15 is 0 Å². The topological polar surface area (TPSA) is 145 Å². The first-order valence-corrected chi connectivity index (χ1v) is 10.8. The Morgan fingerprint density at radius 2 is 2.13 bits per heavy atom. The van der Waals surface area contributed by atoms with Crippen molar-refractivity contribution in [1.82, 2.24) is 10.3 Å². The van der Waals surface area contributed by atoms with Crippen LogP contribution < -0.4 is 25.4 Å². The number of fused-ring (bicyclic) bond motifs is 1. The van der Waals surface area contributed by atoms with Gasteiger partial charge in [-0.1, -0.05) is 6.07 Å². The van der Waals surface area contributed by atoms with Crippen molar-refractivity contribution in [3.05, 3.63) is 47.7 Å². The molecule has 0 saturated heterocycles. The Kier molecular flexibility index (Phi) is 4.96. The second kappa shape index (κ2) is 7.35. The summed E-state index contributed by atoms with van der Waals surface area (Å²) in [5, 5.41) is 3.06. The zero-order chi connectivity index (χ0) is 21.5. The predicted octanol–water partition coefficient (Wildman–Crippen LogP) is 2.20. The highest BCUT2D eigenvalue weighted by Gasteiger charge is 2.45. The second-order valence-corrected chi connectivity index (χ2v) is 9.02. The van der Waals surface area contributed by atoms with Crippen molar-refractivity contribution >= 4 is 34.2 Å². The summed E-state index contributed by atoms with van der Waals surface area (Å²) in [6.07, 6.45) is 3.19. The van der Waals surface area contributed by atoms with Crippen molar-refractivity contribution in [3.63, 3.8) is 0 Å². The van der Waals surface area contributed by atoms with Gasteiger partial charge in [-0.15, -0.1) is 4.40 Å². The van der Waals surface area contributed by atoms with Gasteiger partial charge in [0.1, 0.15) is 18.2 Å². The fourth-order valence-electron chi connectivity index (χ4n) is 3.14. The number of amides is 1. The van der Waals surface area contributed by atoms with Crippen LogP contribution in [0.15, 0.2) is 40.9 Å². The molecular weight excluding hydrogens is 408 g/mol. The number of benzene rings is 1. The molecule has 1 aliphatic heterocycles. The van der Waals surface area contributed by atoms with Gasteiger partial charge in [-0.2, -0.15) is 0 Å². The van der Waals surface area contributed by atoms with Gasteiger partial charge in [0, 0.05) is 25.9 Å². The molecule has 0 spiro atoms. The number of pyridine rings is 1. The van der Waals surface area contributed by atoms with Gasteiger partial charge in [-0.05, 0) is 48.1 Å². The molecule has 1 aromatic carbocycles. The lowest BCUT2D eigenvalue weighted by Gasteiger charge is -2.33. The minimum atomic E-state index is -3.36. The van der Waals surface area contributed by atoms with Crippen LogP contribution in [0.25, 0.3) is 0 Å². The van der Waals surface area contributed by atoms with E-state index < -0.39 is 16.5 Å². The lowest BCUT2D eigenvalue weighted by molar-refractivity contribution is 0.0913. The number of aromatic nitrogens is 1. The molecule has 0 unspecified atom stereocenters. The van der Waals surface area contributed by atoms with E-state index in [1.54, 1.807) is 36.5 Å². The number of amidine groups is 1. The number of carbonyl (C=O) groups is 1. The lowest BCUT2D eigenvalue weighted by atomic mass is 10.1. The van der Waals surface area contributed by atoms with Crippen LogP contribution in [-0.4, -0.2) is 52.1 Å². The van der Waals surface area contributed by atoms with Crippen molar-refractivity contribution in [3.8, 4) is 5.75 Å². The van der Waals surface area contributed by atoms with Gasteiger partial charge in [-0.25, -0.2) is 4.98 Å². The monoisotopic (exact) mass is 432 g/mol. The van der Waals surface area contributed by atoms with Crippen LogP contribution in [0, 0.1) is 0 Å². The summed E-state index contributed by atoms with van der Waals surface area (Å²) in [7, 11) is 0.372. The van der Waals surface area contributed by atoms with E-state index in [-0.39, 0.29) is 18.3 Å². The lowest BCUT2D eigenvalue weighted by Crippen LogP contribution is -2.41. The Bertz CT molecular complexity index is 1020. The molecule has 6 N–H and O–H groups in total. The molecule has 2 aliphatic rings. The largest absolute Gasteiger partial charge is 0.490 e. The number of ether oxygens (including phenoxy) is 1. The van der Waals surface area contributed by atoms with Crippen molar-refractivity contribution in [2.75, 3.05) is 30.3 Å². The molecular formula is C19H24N6O4S. The van der Waals surface area contributed by atoms with Gasteiger partial charge in [0.25, 0.3) is 5.91 Å². The summed E-state index contributed by atoms with van der Waals surface area (Å²) in [6.45, 7) is 0.254. The third-order valence-corrected chi connectivity index (χ3v) is 5.90. The van der Waals surface area contributed by atoms with Crippen molar-refractivity contribution in [2.45, 2.75) is 18.4 Å². The minimum absolute atomic E-state index is 0.0127. The fraction of sp³-hybridized carbons (Fsp3) is 0.316. The zero-order valence-electron chi connectivity index (χ0n) is 16.6. The van der Waals surface area contributed by atoms with Crippen molar-refractivity contribution < 1.29 is 18.6 Å². The summed E-state index contributed by atoms with van der Waals surface area (Å²) in [5.41, 5.74) is 6.90. The van der Waals surface area contributed by atoms with Crippen molar-refractivity contribution in [1.29, 1.82) is 0 Å². The average Bonchev–Trinajstić information content (AvgIpc) is 3.44. The first kappa shape index (κ1) is 20.3. The molecule has 1 saturated carbocycles. The van der Waals surface area contributed by atoms with Gasteiger partial charge in [-0.3, -0.25) is 18.6 Å². The Morgan fingerprint density at radius 3 is 2.83 bits per heavy atom. The van der Waals surface area contributed by atoms with E-state index in [4.69, 9.17) is 10.5 Å². The molecule has 0 radical (unpaired) electrons. The highest BCUT2D eigenvalue weighted by Crippen LogP contribution is 2.47. The summed E-state index contributed by atoms with van der Waals surface area (Å²) in [5.74, 6) is 0.956. The Balaban J connectivity index is 1.46. The number of nitrogens with zero attached hydrogens (tertiary/aromatic N) is 3. The van der Waals surface area contributed by atoms with Gasteiger partial charge in [0.05, 0.1) is 16.8 Å². The van der Waals surface area contributed by atoms with Crippen LogP contribution in [0.3, 0.4) is 0 Å². The van der Waals surface area contributed by atoms with Crippen LogP contribution in [0.4, 0.5) is 11.5 Å². The third kappa shape index (κ3) is 4.13. The molecule has 0 bridgehead atoms. The quantitative estimate of drug-likeness (QED) is 0.467. The number of nitrogens with one attached hydrogen (secondary N) is 2. The fourth-order valence-corrected chi connectivity index (χ4v) is 4.02. The van der Waals surface area contributed by atoms with E-state index in [0.717, 1.165) is 12.8 Å². The maximum atomic E-state index is 12.7. The Labute approximate surface area is 175 Å². The van der Waals surface area contributed by atoms with Crippen LogP contribution >= 0.6 is 11.0 Å². The first-order valence-electron chi connectivity index (χ1n) is 9.31. The van der Waals surface area contributed by atoms with Crippen LogP contribution in [0.5, 0.6) is 5.75 Å². The van der Waals surface area contributed by atoms with E-state index in [0.29, 0.717) is 28.4 Å². The molecule has 1 amide bonds. The molecule has 10 nitrogen and oxygen atoms in total. The molecule has 2 heterocycles. The third-order valence-electron chi connectivity index (χ3n) is 4.96. The number of nitrogens with two attached hydrogens (primary N) is 1. The molecule has 0 atom stereocenters. The summed E-state index contributed by atoms with van der Waals surface area (Å²) >= 11 is 0. The maximum Gasteiger partial charge on any atom is 0.252 e. The summed E-state index contributed by atoms with van der Waals surface area (Å²) in [4.78, 5) is 18.8. The highest BCUT2D eigenvalue weighted by atomic mass is 32.3. The molecule has 30 heavy (non-hydrogen) atoms. The smallest absolute Gasteiger partial charge is 0.252 e. The van der Waals surface area contributed by atoms with E-state index in [1.807, 2.05) is 19.0 Å². The predicted molar refractivity (Wildman–Crippen MR) is 117 cm³/mol. The molecule has 160 valence electrons. The average molecular weight is 433 g/mol. The molecule has 1 aromatic heterocycles. The van der Waals surface area contributed by atoms with Gasteiger partial charge in [0.15, 0.2) is 5.84 Å². The first-order chi connectivity index (χ1) is 14.2. The normalized spacial score (nSPS) is 18.9. The van der Waals surface area contributed by atoms with Crippen molar-refractivity contribution in [2.24, 2.45) is 10.1 Å². The van der Waals surface area contributed by atoms with E-state index in [2.05, 4.69) is 19.4 Å². The summed E-state index contributed by atoms with van der Waals surface area (Å²) < 4.78 is 31.8. The molecule has 1 aliphatic carbocycles. The van der Waals surface area contributed by atoms with Crippen LogP contribution in [0.2, 0.25) is 0 Å². The standard InChI is InChI=1S/C19H24N6O4S/c1-25(2)15-10-12(6-9-21-15)18(26)22-19(7-8-19)11-29-14-5-3-4-13-16(14)17(20)24-30(27,28)23-13/h3-6,9-10,23,27-28H,7-8,11H2,1-2H3,(H2,20,24)(H,22,26). The maximum absolute atomic E-state index is 12.7. The number of carbonyl (C=O) groups excluding carboxylic acids is 1. The number of anilines is 2. The van der Waals surface area contributed by atoms with E-state index in [1.165, 1.54) is 0 Å². The molecule has 4 rings (SSSR count). The van der Waals surface area contributed by atoms with Crippen LogP contribution in [0.1, 0.15) is 28.8 Å². The SMILES string of the molecule is CN(C)c1cc(C(=O)NC2(COc3cccc4c3C(N)=NS(O)(O)N4)CC2)ccn1. The molecule has 11 heteroatoms. The summed E-state index contributed by atoms with van der Waals surface area (Å²) in [6, 6.07) is 8.52. The number of rotatable bonds is 6. The number of hydrogen-bond acceptors (Lipinski definition) is 9.